The van der Waals surface area contributed by atoms with E-state index in [1.54, 1.807) is 20.5 Å². The Labute approximate surface area is 162 Å². The van der Waals surface area contributed by atoms with E-state index in [0.717, 1.165) is 36.9 Å². The summed E-state index contributed by atoms with van der Waals surface area (Å²) >= 11 is 0. The van der Waals surface area contributed by atoms with E-state index in [0.29, 0.717) is 24.1 Å². The summed E-state index contributed by atoms with van der Waals surface area (Å²) in [6.07, 6.45) is 7.31. The SMILES string of the molecule is Cc1cc(NC(=O)N2CCCCCC2c2noc(-c3cnn(C)c3)n2)nn1C. The van der Waals surface area contributed by atoms with Gasteiger partial charge in [-0.25, -0.2) is 4.79 Å². The third kappa shape index (κ3) is 3.62. The molecule has 1 aliphatic heterocycles. The maximum Gasteiger partial charge on any atom is 0.323 e. The van der Waals surface area contributed by atoms with Crippen molar-refractivity contribution in [1.82, 2.24) is 34.6 Å². The molecule has 1 unspecified atom stereocenters. The number of aryl methyl sites for hydroxylation is 3. The number of anilines is 1. The predicted octanol–water partition coefficient (Wildman–Crippen LogP) is 2.66. The van der Waals surface area contributed by atoms with E-state index in [1.807, 2.05) is 33.3 Å². The van der Waals surface area contributed by atoms with E-state index in [-0.39, 0.29) is 12.1 Å². The highest BCUT2D eigenvalue weighted by Crippen LogP contribution is 2.30. The summed E-state index contributed by atoms with van der Waals surface area (Å²) in [6, 6.07) is 1.42. The van der Waals surface area contributed by atoms with Crippen molar-refractivity contribution in [2.75, 3.05) is 11.9 Å². The predicted molar refractivity (Wildman–Crippen MR) is 101 cm³/mol. The lowest BCUT2D eigenvalue weighted by Gasteiger charge is -2.27. The highest BCUT2D eigenvalue weighted by Gasteiger charge is 2.31. The number of nitrogens with zero attached hydrogens (tertiary/aromatic N) is 7. The first-order valence-electron chi connectivity index (χ1n) is 9.42. The molecule has 28 heavy (non-hydrogen) atoms. The molecule has 10 nitrogen and oxygen atoms in total. The smallest absolute Gasteiger partial charge is 0.323 e. The highest BCUT2D eigenvalue weighted by molar-refractivity contribution is 5.88. The fourth-order valence-electron chi connectivity index (χ4n) is 3.44. The van der Waals surface area contributed by atoms with Crippen molar-refractivity contribution in [3.63, 3.8) is 0 Å². The van der Waals surface area contributed by atoms with Crippen LogP contribution in [-0.2, 0) is 14.1 Å². The van der Waals surface area contributed by atoms with Gasteiger partial charge in [0, 0.05) is 38.6 Å². The van der Waals surface area contributed by atoms with E-state index in [1.165, 1.54) is 0 Å². The molecule has 4 heterocycles. The van der Waals surface area contributed by atoms with Crippen LogP contribution in [0.4, 0.5) is 10.6 Å². The van der Waals surface area contributed by atoms with E-state index in [9.17, 15) is 4.79 Å². The van der Waals surface area contributed by atoms with Gasteiger partial charge in [-0.05, 0) is 19.8 Å². The third-order valence-electron chi connectivity index (χ3n) is 5.05. The maximum absolute atomic E-state index is 13.0. The summed E-state index contributed by atoms with van der Waals surface area (Å²) in [5.41, 5.74) is 1.73. The molecule has 1 aliphatic rings. The van der Waals surface area contributed by atoms with Crippen LogP contribution < -0.4 is 5.32 Å². The van der Waals surface area contributed by atoms with Crippen LogP contribution in [0.2, 0.25) is 0 Å². The summed E-state index contributed by atoms with van der Waals surface area (Å²) in [4.78, 5) is 19.3. The summed E-state index contributed by atoms with van der Waals surface area (Å²) in [5, 5.41) is 15.5. The zero-order chi connectivity index (χ0) is 19.7. The second kappa shape index (κ2) is 7.45. The molecule has 0 aromatic carbocycles. The van der Waals surface area contributed by atoms with Crippen LogP contribution >= 0.6 is 0 Å². The molecule has 3 aromatic heterocycles. The molecule has 0 saturated carbocycles. The number of urea groups is 1. The molecular formula is C18H24N8O2. The second-order valence-electron chi connectivity index (χ2n) is 7.14. The Kier molecular flexibility index (Phi) is 4.84. The first-order valence-corrected chi connectivity index (χ1v) is 9.42. The second-order valence-corrected chi connectivity index (χ2v) is 7.14. The number of carbonyl (C=O) groups excluding carboxylic acids is 1. The number of likely N-dealkylation sites (tertiary alicyclic amines) is 1. The van der Waals surface area contributed by atoms with Crippen LogP contribution in [0.1, 0.15) is 43.2 Å². The standard InChI is InChI=1S/C18H24N8O2/c1-12-9-15(22-25(12)3)20-18(27)26-8-6-4-5-7-14(26)16-21-17(28-23-16)13-10-19-24(2)11-13/h9-11,14H,4-8H2,1-3H3,(H,20,22,27). The van der Waals surface area contributed by atoms with Gasteiger partial charge in [-0.15, -0.1) is 0 Å². The number of hydrogen-bond acceptors (Lipinski definition) is 6. The fraction of sp³-hybridized carbons (Fsp3) is 0.500. The number of rotatable bonds is 3. The summed E-state index contributed by atoms with van der Waals surface area (Å²) in [5.74, 6) is 1.47. The lowest BCUT2D eigenvalue weighted by Crippen LogP contribution is -2.38. The van der Waals surface area contributed by atoms with E-state index in [2.05, 4.69) is 25.7 Å². The third-order valence-corrected chi connectivity index (χ3v) is 5.05. The highest BCUT2D eigenvalue weighted by atomic mass is 16.5. The van der Waals surface area contributed by atoms with Crippen molar-refractivity contribution in [2.45, 2.75) is 38.6 Å². The minimum absolute atomic E-state index is 0.197. The Hall–Kier alpha value is -3.17. The van der Waals surface area contributed by atoms with Crippen LogP contribution in [0.5, 0.6) is 0 Å². The van der Waals surface area contributed by atoms with Crippen molar-refractivity contribution in [2.24, 2.45) is 14.1 Å². The van der Waals surface area contributed by atoms with Crippen molar-refractivity contribution in [3.05, 3.63) is 30.0 Å². The van der Waals surface area contributed by atoms with Gasteiger partial charge in [0.1, 0.15) is 0 Å². The summed E-state index contributed by atoms with van der Waals surface area (Å²) < 4.78 is 8.85. The van der Waals surface area contributed by atoms with Gasteiger partial charge in [0.05, 0.1) is 17.8 Å². The normalized spacial score (nSPS) is 17.5. The molecule has 0 aliphatic carbocycles. The molecule has 2 amide bonds. The topological polar surface area (TPSA) is 107 Å². The molecule has 0 radical (unpaired) electrons. The molecule has 148 valence electrons. The maximum atomic E-state index is 13.0. The molecule has 4 rings (SSSR count). The Morgan fingerprint density at radius 3 is 2.86 bits per heavy atom. The van der Waals surface area contributed by atoms with Gasteiger partial charge in [-0.1, -0.05) is 18.0 Å². The Morgan fingerprint density at radius 1 is 1.29 bits per heavy atom. The number of amides is 2. The summed E-state index contributed by atoms with van der Waals surface area (Å²) in [6.45, 7) is 2.58. The minimum atomic E-state index is -0.235. The Morgan fingerprint density at radius 2 is 2.14 bits per heavy atom. The summed E-state index contributed by atoms with van der Waals surface area (Å²) in [7, 11) is 3.68. The zero-order valence-electron chi connectivity index (χ0n) is 16.3. The number of nitrogens with one attached hydrogen (secondary N) is 1. The molecule has 1 atom stereocenters. The fourth-order valence-corrected chi connectivity index (χ4v) is 3.44. The van der Waals surface area contributed by atoms with Gasteiger partial charge >= 0.3 is 6.03 Å². The van der Waals surface area contributed by atoms with Crippen LogP contribution in [0.15, 0.2) is 23.0 Å². The Bertz CT molecular complexity index is 953. The Balaban J connectivity index is 1.56. The average molecular weight is 384 g/mol. The molecule has 1 saturated heterocycles. The van der Waals surface area contributed by atoms with E-state index < -0.39 is 0 Å². The molecule has 1 N–H and O–H groups in total. The van der Waals surface area contributed by atoms with Crippen molar-refractivity contribution in [3.8, 4) is 11.5 Å². The molecule has 10 heteroatoms. The van der Waals surface area contributed by atoms with Gasteiger partial charge in [0.2, 0.25) is 0 Å². The number of carbonyl (C=O) groups is 1. The van der Waals surface area contributed by atoms with Crippen molar-refractivity contribution < 1.29 is 9.32 Å². The van der Waals surface area contributed by atoms with E-state index in [4.69, 9.17) is 4.52 Å². The monoisotopic (exact) mass is 384 g/mol. The quantitative estimate of drug-likeness (QED) is 0.744. The van der Waals surface area contributed by atoms with Crippen LogP contribution in [0.25, 0.3) is 11.5 Å². The largest absolute Gasteiger partial charge is 0.334 e. The van der Waals surface area contributed by atoms with Gasteiger partial charge in [0.25, 0.3) is 5.89 Å². The number of hydrogen-bond donors (Lipinski definition) is 1. The van der Waals surface area contributed by atoms with Crippen LogP contribution in [0.3, 0.4) is 0 Å². The molecule has 3 aromatic rings. The van der Waals surface area contributed by atoms with Gasteiger partial charge in [0.15, 0.2) is 11.6 Å². The van der Waals surface area contributed by atoms with Gasteiger partial charge < -0.3 is 9.42 Å². The van der Waals surface area contributed by atoms with Gasteiger partial charge in [-0.2, -0.15) is 15.2 Å². The minimum Gasteiger partial charge on any atom is -0.334 e. The van der Waals surface area contributed by atoms with Crippen molar-refractivity contribution in [1.29, 1.82) is 0 Å². The van der Waals surface area contributed by atoms with E-state index >= 15 is 0 Å². The van der Waals surface area contributed by atoms with Gasteiger partial charge in [-0.3, -0.25) is 14.7 Å². The first kappa shape index (κ1) is 18.2. The number of aromatic nitrogens is 6. The van der Waals surface area contributed by atoms with Crippen LogP contribution in [-0.4, -0.2) is 47.2 Å². The molecule has 0 bridgehead atoms. The first-order chi connectivity index (χ1) is 13.5. The molecule has 0 spiro atoms. The lowest BCUT2D eigenvalue weighted by atomic mass is 10.1. The lowest BCUT2D eigenvalue weighted by molar-refractivity contribution is 0.184. The molecular weight excluding hydrogens is 360 g/mol. The van der Waals surface area contributed by atoms with Crippen molar-refractivity contribution >= 4 is 11.8 Å². The molecule has 1 fully saturated rings. The average Bonchev–Trinajstić information content (AvgIpc) is 3.32. The zero-order valence-corrected chi connectivity index (χ0v) is 16.3. The van der Waals surface area contributed by atoms with Crippen LogP contribution in [0, 0.1) is 6.92 Å².